The fourth-order valence-corrected chi connectivity index (χ4v) is 5.12. The molecule has 0 unspecified atom stereocenters. The van der Waals surface area contributed by atoms with Gasteiger partial charge in [-0.15, -0.1) is 11.8 Å². The number of thioether (sulfide) groups is 1. The van der Waals surface area contributed by atoms with E-state index in [1.807, 2.05) is 18.2 Å². The second kappa shape index (κ2) is 9.61. The maximum Gasteiger partial charge on any atom is 0.250 e. The predicted octanol–water partition coefficient (Wildman–Crippen LogP) is 6.62. The molecule has 0 spiro atoms. The lowest BCUT2D eigenvalue weighted by molar-refractivity contribution is -0.118. The van der Waals surface area contributed by atoms with Crippen molar-refractivity contribution in [2.45, 2.75) is 45.1 Å². The molecular weight excluding hydrogens is 414 g/mol. The topological polar surface area (TPSA) is 46.4 Å². The Labute approximate surface area is 193 Å². The maximum atomic E-state index is 12.5. The highest BCUT2D eigenvalue weighted by atomic mass is 32.2. The van der Waals surface area contributed by atoms with Crippen LogP contribution in [-0.4, -0.2) is 22.4 Å². The van der Waals surface area contributed by atoms with Gasteiger partial charge in [-0.1, -0.05) is 61.5 Å². The van der Waals surface area contributed by atoms with Crippen molar-refractivity contribution in [1.82, 2.24) is 9.99 Å². The summed E-state index contributed by atoms with van der Waals surface area (Å²) in [7, 11) is 0. The third kappa shape index (κ3) is 4.30. The van der Waals surface area contributed by atoms with Gasteiger partial charge in [0.1, 0.15) is 0 Å². The number of hydrogen-bond donors (Lipinski definition) is 1. The van der Waals surface area contributed by atoms with Gasteiger partial charge in [-0.05, 0) is 49.6 Å². The summed E-state index contributed by atoms with van der Waals surface area (Å²) in [6.07, 6.45) is 2.84. The van der Waals surface area contributed by atoms with Crippen LogP contribution in [-0.2, 0) is 4.79 Å². The smallest absolute Gasteiger partial charge is 0.250 e. The molecule has 0 saturated carbocycles. The third-order valence-corrected chi connectivity index (χ3v) is 7.12. The first kappa shape index (κ1) is 22.2. The van der Waals surface area contributed by atoms with Crippen LogP contribution in [0.3, 0.4) is 0 Å². The molecule has 1 N–H and O–H groups in total. The summed E-state index contributed by atoms with van der Waals surface area (Å²) in [5, 5.41) is 7.82. The molecule has 0 aliphatic heterocycles. The molecule has 0 radical (unpaired) electrons. The van der Waals surface area contributed by atoms with Gasteiger partial charge in [0.25, 0.3) is 0 Å². The highest BCUT2D eigenvalue weighted by Gasteiger charge is 2.17. The van der Waals surface area contributed by atoms with Crippen molar-refractivity contribution >= 4 is 45.6 Å². The molecule has 5 heteroatoms. The number of rotatable bonds is 7. The van der Waals surface area contributed by atoms with Gasteiger partial charge in [0, 0.05) is 27.6 Å². The van der Waals surface area contributed by atoms with E-state index >= 15 is 0 Å². The Hall–Kier alpha value is -3.05. The molecule has 0 bridgehead atoms. The number of benzene rings is 3. The Kier molecular flexibility index (Phi) is 6.66. The van der Waals surface area contributed by atoms with Gasteiger partial charge in [-0.25, -0.2) is 5.43 Å². The standard InChI is InChI=1S/C27H29N3OS/c1-5-19(3)30-20(4)24(23-14-8-10-18(2)27(23)30)16-28-29-26(31)17-32-25-15-9-12-21-11-6-7-13-22(21)25/h6-16,19H,5,17H2,1-4H3,(H,29,31)/b28-16-/t19-/m1/s1. The van der Waals surface area contributed by atoms with Gasteiger partial charge in [-0.3, -0.25) is 4.79 Å². The Morgan fingerprint density at radius 1 is 1.06 bits per heavy atom. The molecule has 164 valence electrons. The van der Waals surface area contributed by atoms with E-state index in [4.69, 9.17) is 0 Å². The number of carbonyl (C=O) groups is 1. The minimum absolute atomic E-state index is 0.112. The van der Waals surface area contributed by atoms with E-state index in [0.717, 1.165) is 16.9 Å². The SMILES string of the molecule is CC[C@@H](C)n1c(C)c(/C=N\NC(=O)CSc2cccc3ccccc23)c2cccc(C)c21. The monoisotopic (exact) mass is 443 g/mol. The third-order valence-electron chi connectivity index (χ3n) is 6.04. The van der Waals surface area contributed by atoms with Crippen LogP contribution in [0.25, 0.3) is 21.7 Å². The zero-order chi connectivity index (χ0) is 22.7. The van der Waals surface area contributed by atoms with Crippen molar-refractivity contribution < 1.29 is 4.79 Å². The van der Waals surface area contributed by atoms with Crippen LogP contribution in [0.1, 0.15) is 43.1 Å². The van der Waals surface area contributed by atoms with Crippen LogP contribution >= 0.6 is 11.8 Å². The number of nitrogens with one attached hydrogen (secondary N) is 1. The van der Waals surface area contributed by atoms with Gasteiger partial charge in [0.05, 0.1) is 17.5 Å². The molecule has 0 saturated heterocycles. The number of para-hydroxylation sites is 1. The Balaban J connectivity index is 1.50. The number of nitrogens with zero attached hydrogens (tertiary/aromatic N) is 2. The van der Waals surface area contributed by atoms with Gasteiger partial charge < -0.3 is 4.57 Å². The van der Waals surface area contributed by atoms with Crippen LogP contribution in [0.2, 0.25) is 0 Å². The maximum absolute atomic E-state index is 12.5. The summed E-state index contributed by atoms with van der Waals surface area (Å²) in [6, 6.07) is 21.1. The van der Waals surface area contributed by atoms with E-state index in [2.05, 4.69) is 85.3 Å². The van der Waals surface area contributed by atoms with Crippen molar-refractivity contribution in [2.24, 2.45) is 5.10 Å². The molecule has 1 heterocycles. The van der Waals surface area contributed by atoms with Crippen LogP contribution < -0.4 is 5.43 Å². The predicted molar refractivity (Wildman–Crippen MR) is 137 cm³/mol. The van der Waals surface area contributed by atoms with Crippen molar-refractivity contribution in [2.75, 3.05) is 5.75 Å². The average Bonchev–Trinajstić information content (AvgIpc) is 3.09. The molecule has 1 amide bonds. The minimum Gasteiger partial charge on any atom is -0.341 e. The molecule has 4 nitrogen and oxygen atoms in total. The molecule has 0 aliphatic carbocycles. The molecule has 32 heavy (non-hydrogen) atoms. The highest BCUT2D eigenvalue weighted by molar-refractivity contribution is 8.00. The minimum atomic E-state index is -0.112. The fraction of sp³-hybridized carbons (Fsp3) is 0.259. The quantitative estimate of drug-likeness (QED) is 0.198. The first-order valence-electron chi connectivity index (χ1n) is 11.0. The average molecular weight is 444 g/mol. The van der Waals surface area contributed by atoms with Crippen LogP contribution in [0.15, 0.2) is 70.7 Å². The lowest BCUT2D eigenvalue weighted by atomic mass is 10.1. The van der Waals surface area contributed by atoms with Crippen molar-refractivity contribution in [3.8, 4) is 0 Å². The van der Waals surface area contributed by atoms with E-state index in [0.29, 0.717) is 11.8 Å². The number of carbonyl (C=O) groups excluding carboxylic acids is 1. The summed E-state index contributed by atoms with van der Waals surface area (Å²) >= 11 is 1.53. The molecule has 1 atom stereocenters. The van der Waals surface area contributed by atoms with Gasteiger partial charge >= 0.3 is 0 Å². The van der Waals surface area contributed by atoms with E-state index < -0.39 is 0 Å². The van der Waals surface area contributed by atoms with Crippen LogP contribution in [0, 0.1) is 13.8 Å². The normalized spacial score (nSPS) is 12.6. The first-order valence-corrected chi connectivity index (χ1v) is 12.0. The molecule has 0 fully saturated rings. The zero-order valence-corrected chi connectivity index (χ0v) is 19.9. The lowest BCUT2D eigenvalue weighted by Gasteiger charge is -2.16. The summed E-state index contributed by atoms with van der Waals surface area (Å²) in [6.45, 7) is 8.72. The Morgan fingerprint density at radius 2 is 1.78 bits per heavy atom. The van der Waals surface area contributed by atoms with Crippen LogP contribution in [0.5, 0.6) is 0 Å². The molecule has 0 aliphatic rings. The van der Waals surface area contributed by atoms with E-state index in [-0.39, 0.29) is 5.91 Å². The van der Waals surface area contributed by atoms with E-state index in [9.17, 15) is 4.79 Å². The molecule has 3 aromatic carbocycles. The number of amides is 1. The summed E-state index contributed by atoms with van der Waals surface area (Å²) in [5.41, 5.74) is 7.44. The summed E-state index contributed by atoms with van der Waals surface area (Å²) < 4.78 is 2.39. The first-order chi connectivity index (χ1) is 15.5. The number of fused-ring (bicyclic) bond motifs is 2. The second-order valence-electron chi connectivity index (χ2n) is 8.16. The Morgan fingerprint density at radius 3 is 2.59 bits per heavy atom. The highest BCUT2D eigenvalue weighted by Crippen LogP contribution is 2.31. The fourth-order valence-electron chi connectivity index (χ4n) is 4.25. The molecule has 4 aromatic rings. The number of hydrazone groups is 1. The largest absolute Gasteiger partial charge is 0.341 e. The second-order valence-corrected chi connectivity index (χ2v) is 9.17. The Bertz CT molecular complexity index is 1300. The van der Waals surface area contributed by atoms with Crippen LogP contribution in [0.4, 0.5) is 0 Å². The summed E-state index contributed by atoms with van der Waals surface area (Å²) in [5.74, 6) is 0.205. The van der Waals surface area contributed by atoms with Crippen molar-refractivity contribution in [3.05, 3.63) is 77.5 Å². The zero-order valence-electron chi connectivity index (χ0n) is 19.1. The van der Waals surface area contributed by atoms with E-state index in [1.165, 1.54) is 44.7 Å². The van der Waals surface area contributed by atoms with Gasteiger partial charge in [-0.2, -0.15) is 5.10 Å². The van der Waals surface area contributed by atoms with E-state index in [1.54, 1.807) is 6.21 Å². The number of aromatic nitrogens is 1. The van der Waals surface area contributed by atoms with Gasteiger partial charge in [0.15, 0.2) is 0 Å². The molecule has 1 aromatic heterocycles. The molecule has 4 rings (SSSR count). The van der Waals surface area contributed by atoms with Crippen molar-refractivity contribution in [3.63, 3.8) is 0 Å². The molecular formula is C27H29N3OS. The lowest BCUT2D eigenvalue weighted by Crippen LogP contribution is -2.19. The number of hydrogen-bond acceptors (Lipinski definition) is 3. The number of aryl methyl sites for hydroxylation is 1. The summed E-state index contributed by atoms with van der Waals surface area (Å²) in [4.78, 5) is 13.6. The van der Waals surface area contributed by atoms with Crippen molar-refractivity contribution in [1.29, 1.82) is 0 Å². The van der Waals surface area contributed by atoms with Gasteiger partial charge in [0.2, 0.25) is 5.91 Å².